The fourth-order valence-electron chi connectivity index (χ4n) is 9.75. The molecule has 1 saturated carbocycles. The van der Waals surface area contributed by atoms with Crippen LogP contribution in [0.1, 0.15) is 105 Å². The number of piperidine rings is 1. The van der Waals surface area contributed by atoms with E-state index in [4.69, 9.17) is 39.6 Å². The summed E-state index contributed by atoms with van der Waals surface area (Å²) in [6, 6.07) is -6.12. The predicted molar refractivity (Wildman–Crippen MR) is 249 cm³/mol. The molecular weight excluding hydrogens is 975 g/mol. The Bertz CT molecular complexity index is 2080. The van der Waals surface area contributed by atoms with Gasteiger partial charge in [0.05, 0.1) is 12.1 Å². The first-order valence-electron chi connectivity index (χ1n) is 24.6. The van der Waals surface area contributed by atoms with Crippen molar-refractivity contribution >= 4 is 52.1 Å². The summed E-state index contributed by atoms with van der Waals surface area (Å²) in [6.45, 7) is 6.43. The zero-order chi connectivity index (χ0) is 53.1. The number of carbonyl (C=O) groups is 6. The number of nitrogens with one attached hydrogen (secondary N) is 4. The number of carbonyl (C=O) groups excluding carboxylic acids is 6. The Balaban J connectivity index is 1.52. The lowest BCUT2D eigenvalue weighted by Gasteiger charge is -2.58. The van der Waals surface area contributed by atoms with Gasteiger partial charge in [-0.3, -0.25) is 33.9 Å². The van der Waals surface area contributed by atoms with Gasteiger partial charge in [-0.1, -0.05) is 71.4 Å². The summed E-state index contributed by atoms with van der Waals surface area (Å²) in [7, 11) is -3.97. The lowest BCUT2D eigenvalue weighted by molar-refractivity contribution is -0.324. The maximum atomic E-state index is 15.4. The third-order valence-corrected chi connectivity index (χ3v) is 14.3. The number of nitrogens with zero attached hydrogens (tertiary/aromatic N) is 2. The summed E-state index contributed by atoms with van der Waals surface area (Å²) >= 11 is 0. The average Bonchev–Trinajstić information content (AvgIpc) is 3.94. The van der Waals surface area contributed by atoms with Crippen molar-refractivity contribution in [3.63, 3.8) is 0 Å². The molecule has 14 atom stereocenters. The zero-order valence-electron chi connectivity index (χ0n) is 41.4. The van der Waals surface area contributed by atoms with E-state index in [2.05, 4.69) is 20.1 Å². The molecule has 27 heteroatoms. The van der Waals surface area contributed by atoms with E-state index in [1.807, 2.05) is 19.9 Å². The summed E-state index contributed by atoms with van der Waals surface area (Å²) in [6.07, 6.45) is -8.24. The molecule has 1 aliphatic carbocycles. The molecule has 2 bridgehead atoms. The minimum Gasteiger partial charge on any atom is -0.463 e. The number of amides is 4. The number of aliphatic hydroxyl groups excluding tert-OH is 3. The van der Waals surface area contributed by atoms with Gasteiger partial charge in [0, 0.05) is 46.0 Å². The zero-order valence-corrected chi connectivity index (χ0v) is 42.2. The topological polar surface area (TPSA) is 375 Å². The first-order chi connectivity index (χ1) is 34.1. The van der Waals surface area contributed by atoms with Gasteiger partial charge in [0.15, 0.2) is 30.1 Å². The van der Waals surface area contributed by atoms with Crippen molar-refractivity contribution < 1.29 is 89.7 Å². The minimum absolute atomic E-state index is 0.0121. The number of nitrogens with two attached hydrogens (primary N) is 1. The second-order valence-electron chi connectivity index (χ2n) is 18.9. The van der Waals surface area contributed by atoms with Crippen molar-refractivity contribution in [1.29, 1.82) is 5.41 Å². The van der Waals surface area contributed by atoms with E-state index in [0.29, 0.717) is 38.8 Å². The van der Waals surface area contributed by atoms with Crippen LogP contribution < -0.4 is 21.7 Å². The second kappa shape index (κ2) is 26.0. The minimum atomic E-state index is -5.03. The Labute approximate surface area is 418 Å². The van der Waals surface area contributed by atoms with Gasteiger partial charge in [-0.15, -0.1) is 0 Å². The van der Waals surface area contributed by atoms with Crippen molar-refractivity contribution in [2.75, 3.05) is 40.0 Å². The average molecular weight is 1050 g/mol. The van der Waals surface area contributed by atoms with Gasteiger partial charge in [-0.2, -0.15) is 8.42 Å². The number of hydrogen-bond acceptors (Lipinski definition) is 19. The number of aliphatic hydroxyl groups is 3. The van der Waals surface area contributed by atoms with Gasteiger partial charge < -0.3 is 75.2 Å². The van der Waals surface area contributed by atoms with Crippen LogP contribution in [0.2, 0.25) is 0 Å². The van der Waals surface area contributed by atoms with Crippen molar-refractivity contribution in [2.45, 2.75) is 184 Å². The molecule has 0 aromatic heterocycles. The number of esters is 2. The Hall–Kier alpha value is -4.74. The van der Waals surface area contributed by atoms with Crippen LogP contribution in [0.5, 0.6) is 0 Å². The van der Waals surface area contributed by atoms with Crippen molar-refractivity contribution in [1.82, 2.24) is 25.8 Å². The molecule has 1 spiro atoms. The van der Waals surface area contributed by atoms with Crippen LogP contribution >= 0.6 is 0 Å². The fourth-order valence-corrected chi connectivity index (χ4v) is 10.0. The maximum Gasteiger partial charge on any atom is 0.408 e. The van der Waals surface area contributed by atoms with Crippen molar-refractivity contribution in [3.05, 3.63) is 11.6 Å². The van der Waals surface area contributed by atoms with E-state index in [0.717, 1.165) is 36.8 Å². The number of likely N-dealkylation sites (tertiary alicyclic amines) is 1. The Kier molecular flexibility index (Phi) is 21.0. The molecular formula is C45H73N7O19S. The molecule has 4 amide bonds. The van der Waals surface area contributed by atoms with Gasteiger partial charge in [0.1, 0.15) is 55.8 Å². The van der Waals surface area contributed by atoms with Crippen LogP contribution in [-0.4, -0.2) is 199 Å². The molecule has 0 aromatic carbocycles. The van der Waals surface area contributed by atoms with Crippen LogP contribution in [0.3, 0.4) is 0 Å². The van der Waals surface area contributed by atoms with E-state index in [1.54, 1.807) is 18.7 Å². The van der Waals surface area contributed by atoms with Gasteiger partial charge in [-0.25, -0.2) is 8.98 Å². The third-order valence-electron chi connectivity index (χ3n) is 13.9. The Morgan fingerprint density at radius 1 is 1.04 bits per heavy atom. The summed E-state index contributed by atoms with van der Waals surface area (Å²) < 4.78 is 71.1. The smallest absolute Gasteiger partial charge is 0.408 e. The van der Waals surface area contributed by atoms with E-state index in [9.17, 15) is 52.3 Å². The SMILES string of the molecule is CCCCCC(=O)OC[C@H]1O[C@H](O[C@@H]2C[C@@H]3[C@H](O)[C@@]4(C2)OC(=O)N[C@H]4[C@H](C(=O)NCCC2=CCN(C(=N)N)C2)N3C(=O)[C@H](NC(=O)[C@H](COS(=O)(=O)O)OC)[C@@H](C)CC)[C@H](OC(=O)CCCCC)[C@@H](O)[C@@H]1O. The van der Waals surface area contributed by atoms with Crippen molar-refractivity contribution in [3.8, 4) is 0 Å². The first kappa shape index (κ1) is 58.2. The van der Waals surface area contributed by atoms with Crippen molar-refractivity contribution in [2.24, 2.45) is 11.7 Å². The highest BCUT2D eigenvalue weighted by atomic mass is 32.3. The highest BCUT2D eigenvalue weighted by Crippen LogP contribution is 2.48. The monoisotopic (exact) mass is 1050 g/mol. The quantitative estimate of drug-likeness (QED) is 0.00956. The second-order valence-corrected chi connectivity index (χ2v) is 20.0. The molecule has 72 heavy (non-hydrogen) atoms. The van der Waals surface area contributed by atoms with Gasteiger partial charge >= 0.3 is 28.4 Å². The van der Waals surface area contributed by atoms with Crippen LogP contribution in [0.15, 0.2) is 11.6 Å². The molecule has 5 rings (SSSR count). The van der Waals surface area contributed by atoms with Crippen LogP contribution in [0, 0.1) is 11.3 Å². The number of rotatable bonds is 26. The Morgan fingerprint density at radius 3 is 2.33 bits per heavy atom. The van der Waals surface area contributed by atoms with E-state index in [1.165, 1.54) is 0 Å². The Morgan fingerprint density at radius 2 is 1.72 bits per heavy atom. The standard InChI is InChI=1S/C45H73N7O19S/c1-6-9-11-13-30(53)66-22-28-34(55)35(56)36(70-31(54)14-12-10-7-2)42(69-28)68-26-19-27-38(57)45(20-26)37(50-44(61)71-45)33(40(59)48-17-15-25-16-18-51(21-25)43(46)47)52(27)41(60)32(24(4)8-3)49-39(58)29(65-5)23-67-72(62,63)64/h16,24,26-29,32-38,42,55-57H,6-15,17-23H2,1-5H3,(H3,46,47)(H,48,59)(H,49,58)(H,50,61)(H,62,63,64)/t24-,26+,27+,28+,29-,32+,33+,34+,35-,36+,37-,38-,42-,45-/m0/s1. The van der Waals surface area contributed by atoms with Crippen LogP contribution in [-0.2, 0) is 67.0 Å². The van der Waals surface area contributed by atoms with Gasteiger partial charge in [-0.05, 0) is 31.6 Å². The first-order valence-corrected chi connectivity index (χ1v) is 26.0. The molecule has 408 valence electrons. The molecule has 4 aliphatic heterocycles. The highest BCUT2D eigenvalue weighted by molar-refractivity contribution is 7.80. The lowest BCUT2D eigenvalue weighted by Crippen LogP contribution is -2.80. The lowest BCUT2D eigenvalue weighted by atomic mass is 9.66. The number of unbranched alkanes of at least 4 members (excludes halogenated alkanes) is 4. The van der Waals surface area contributed by atoms with E-state index < -0.39 is 144 Å². The molecule has 4 fully saturated rings. The number of alkyl carbamates (subject to hydrolysis) is 1. The molecule has 4 heterocycles. The largest absolute Gasteiger partial charge is 0.463 e. The van der Waals surface area contributed by atoms with Gasteiger partial charge in [0.25, 0.3) is 5.91 Å². The molecule has 26 nitrogen and oxygen atoms in total. The van der Waals surface area contributed by atoms with Gasteiger partial charge in [0.2, 0.25) is 11.8 Å². The molecule has 0 unspecified atom stereocenters. The highest BCUT2D eigenvalue weighted by Gasteiger charge is 2.70. The van der Waals surface area contributed by atoms with Crippen LogP contribution in [0.25, 0.3) is 0 Å². The number of fused-ring (bicyclic) bond motifs is 1. The van der Waals surface area contributed by atoms with E-state index >= 15 is 4.79 Å². The normalized spacial score (nSPS) is 30.2. The number of methoxy groups -OCH3 is 1. The number of ether oxygens (including phenoxy) is 6. The summed E-state index contributed by atoms with van der Waals surface area (Å²) in [4.78, 5) is 85.7. The third kappa shape index (κ3) is 14.3. The fraction of sp³-hybridized carbons (Fsp3) is 0.800. The summed E-state index contributed by atoms with van der Waals surface area (Å²) in [5.41, 5.74) is 4.51. The van der Waals surface area contributed by atoms with E-state index in [-0.39, 0.29) is 44.6 Å². The number of hydrogen-bond donors (Lipinski definition) is 9. The summed E-state index contributed by atoms with van der Waals surface area (Å²) in [5.74, 6) is -4.97. The maximum absolute atomic E-state index is 15.4. The molecule has 5 aliphatic rings. The molecule has 0 aromatic rings. The van der Waals surface area contributed by atoms with Crippen LogP contribution in [0.4, 0.5) is 4.79 Å². The predicted octanol–water partition coefficient (Wildman–Crippen LogP) is -0.978. The molecule has 3 saturated heterocycles. The summed E-state index contributed by atoms with van der Waals surface area (Å²) in [5, 5.41) is 50.9. The molecule has 10 N–H and O–H groups in total. The molecule has 0 radical (unpaired) electrons. The number of guanidine groups is 1.